The van der Waals surface area contributed by atoms with Gasteiger partial charge >= 0.3 is 6.03 Å². The van der Waals surface area contributed by atoms with E-state index in [2.05, 4.69) is 37.5 Å². The average molecular weight is 542 g/mol. The molecule has 4 amide bonds. The van der Waals surface area contributed by atoms with Gasteiger partial charge in [-0.15, -0.1) is 11.3 Å². The number of benzene rings is 1. The molecular weight excluding hydrogens is 518 g/mol. The molecule has 12 heteroatoms. The molecule has 3 N–H and O–H groups in total. The minimum atomic E-state index is -0.504. The van der Waals surface area contributed by atoms with Gasteiger partial charge in [0.25, 0.3) is 5.91 Å². The minimum absolute atomic E-state index is 0.148. The van der Waals surface area contributed by atoms with Crippen molar-refractivity contribution >= 4 is 56.7 Å². The third kappa shape index (κ3) is 4.66. The summed E-state index contributed by atoms with van der Waals surface area (Å²) >= 11 is 1.19. The Labute approximate surface area is 226 Å². The molecule has 0 unspecified atom stereocenters. The Morgan fingerprint density at radius 3 is 2.54 bits per heavy atom. The highest BCUT2D eigenvalue weighted by Gasteiger charge is 2.36. The van der Waals surface area contributed by atoms with Gasteiger partial charge in [0.15, 0.2) is 5.75 Å². The van der Waals surface area contributed by atoms with Crippen LogP contribution in [-0.4, -0.2) is 44.9 Å². The fourth-order valence-electron chi connectivity index (χ4n) is 4.83. The van der Waals surface area contributed by atoms with Gasteiger partial charge in [0.2, 0.25) is 11.9 Å². The van der Waals surface area contributed by atoms with Crippen molar-refractivity contribution in [2.24, 2.45) is 0 Å². The number of thiophene rings is 1. The third-order valence-corrected chi connectivity index (χ3v) is 7.69. The van der Waals surface area contributed by atoms with Crippen molar-refractivity contribution in [2.45, 2.75) is 31.3 Å². The molecule has 11 nitrogen and oxygen atoms in total. The highest BCUT2D eigenvalue weighted by atomic mass is 32.1. The van der Waals surface area contributed by atoms with Gasteiger partial charge in [-0.1, -0.05) is 24.8 Å². The molecule has 196 valence electrons. The quantitative estimate of drug-likeness (QED) is 0.293. The van der Waals surface area contributed by atoms with Gasteiger partial charge in [0.1, 0.15) is 15.5 Å². The van der Waals surface area contributed by atoms with E-state index in [1.54, 1.807) is 12.3 Å². The van der Waals surface area contributed by atoms with E-state index in [9.17, 15) is 14.4 Å². The fraction of sp³-hybridized carbons (Fsp3) is 0.185. The summed E-state index contributed by atoms with van der Waals surface area (Å²) in [6.07, 6.45) is 8.15. The van der Waals surface area contributed by atoms with Gasteiger partial charge in [-0.3, -0.25) is 9.59 Å². The zero-order chi connectivity index (χ0) is 26.9. The van der Waals surface area contributed by atoms with E-state index in [-0.39, 0.29) is 29.8 Å². The second kappa shape index (κ2) is 10.1. The summed E-state index contributed by atoms with van der Waals surface area (Å²) in [5.74, 6) is 0.598. The molecule has 1 fully saturated rings. The van der Waals surface area contributed by atoms with Crippen LogP contribution >= 0.6 is 11.3 Å². The Balaban J connectivity index is 1.27. The van der Waals surface area contributed by atoms with Crippen LogP contribution in [0.25, 0.3) is 10.2 Å². The third-order valence-electron chi connectivity index (χ3n) is 6.59. The lowest BCUT2D eigenvalue weighted by molar-refractivity contribution is -0.117. The Kier molecular flexibility index (Phi) is 6.37. The summed E-state index contributed by atoms with van der Waals surface area (Å²) < 4.78 is 5.76. The number of pyridine rings is 1. The van der Waals surface area contributed by atoms with Crippen LogP contribution in [0.2, 0.25) is 0 Å². The molecule has 0 spiro atoms. The zero-order valence-electron chi connectivity index (χ0n) is 20.6. The van der Waals surface area contributed by atoms with Crippen LogP contribution in [0, 0.1) is 0 Å². The molecule has 2 aliphatic rings. The Hall–Kier alpha value is -4.84. The number of carbonyl (C=O) groups excluding carboxylic acids is 3. The molecule has 3 aromatic heterocycles. The van der Waals surface area contributed by atoms with Gasteiger partial charge in [-0.25, -0.2) is 24.6 Å². The lowest BCUT2D eigenvalue weighted by Crippen LogP contribution is -2.48. The topological polar surface area (TPSA) is 138 Å². The molecule has 0 radical (unpaired) electrons. The number of amides is 4. The van der Waals surface area contributed by atoms with Gasteiger partial charge in [-0.2, -0.15) is 0 Å². The molecule has 1 aliphatic carbocycles. The van der Waals surface area contributed by atoms with E-state index in [0.717, 1.165) is 19.3 Å². The van der Waals surface area contributed by atoms with Crippen LogP contribution in [0.1, 0.15) is 28.9 Å². The molecule has 1 saturated carbocycles. The monoisotopic (exact) mass is 541 g/mol. The lowest BCUT2D eigenvalue weighted by atomic mass is 10.1. The van der Waals surface area contributed by atoms with Crippen molar-refractivity contribution in [1.29, 1.82) is 0 Å². The van der Waals surface area contributed by atoms with Crippen molar-refractivity contribution < 1.29 is 19.1 Å². The molecule has 1 aromatic carbocycles. The predicted octanol–water partition coefficient (Wildman–Crippen LogP) is 4.52. The number of nitrogens with one attached hydrogen (secondary N) is 3. The number of carbonyl (C=O) groups is 3. The summed E-state index contributed by atoms with van der Waals surface area (Å²) in [5, 5.41) is 9.37. The van der Waals surface area contributed by atoms with Crippen LogP contribution in [0.3, 0.4) is 0 Å². The van der Waals surface area contributed by atoms with Crippen molar-refractivity contribution in [3.05, 3.63) is 72.5 Å². The molecule has 1 aliphatic heterocycles. The first-order valence-electron chi connectivity index (χ1n) is 12.3. The smallest absolute Gasteiger partial charge is 0.333 e. The lowest BCUT2D eigenvalue weighted by Gasteiger charge is -2.26. The first kappa shape index (κ1) is 24.5. The number of para-hydroxylation sites is 1. The largest absolute Gasteiger partial charge is 0.454 e. The summed E-state index contributed by atoms with van der Waals surface area (Å²) in [4.78, 5) is 53.9. The maximum Gasteiger partial charge on any atom is 0.333 e. The van der Waals surface area contributed by atoms with Gasteiger partial charge < -0.3 is 20.7 Å². The normalized spacial score (nSPS) is 17.9. The van der Waals surface area contributed by atoms with Gasteiger partial charge in [-0.05, 0) is 43.5 Å². The van der Waals surface area contributed by atoms with Crippen molar-refractivity contribution in [3.63, 3.8) is 0 Å². The molecule has 6 rings (SSSR count). The SMILES string of the molecule is C=CC(=O)N[C@@H]1CCC[C@H]1NC(=O)c1sc2nccc3c2c1NC(=O)N3c1ncc(Oc2ccccc2)cn1. The average Bonchev–Trinajstić information content (AvgIpc) is 3.54. The Bertz CT molecular complexity index is 1590. The van der Waals surface area contributed by atoms with Crippen LogP contribution in [0.15, 0.2) is 67.6 Å². The van der Waals surface area contributed by atoms with Crippen molar-refractivity contribution in [2.75, 3.05) is 10.2 Å². The maximum atomic E-state index is 13.4. The fourth-order valence-corrected chi connectivity index (χ4v) is 5.85. The van der Waals surface area contributed by atoms with Crippen LogP contribution in [0.5, 0.6) is 11.5 Å². The molecule has 4 heterocycles. The first-order valence-corrected chi connectivity index (χ1v) is 13.1. The second-order valence-corrected chi connectivity index (χ2v) is 10.0. The zero-order valence-corrected chi connectivity index (χ0v) is 21.4. The Morgan fingerprint density at radius 1 is 1.05 bits per heavy atom. The number of hydrogen-bond donors (Lipinski definition) is 3. The van der Waals surface area contributed by atoms with E-state index in [1.807, 2.05) is 30.3 Å². The maximum absolute atomic E-state index is 13.4. The minimum Gasteiger partial charge on any atom is -0.454 e. The number of nitrogens with zero attached hydrogens (tertiary/aromatic N) is 4. The molecule has 2 atom stereocenters. The number of rotatable bonds is 7. The summed E-state index contributed by atoms with van der Waals surface area (Å²) in [5.41, 5.74) is 0.910. The van der Waals surface area contributed by atoms with E-state index >= 15 is 0 Å². The van der Waals surface area contributed by atoms with Crippen LogP contribution < -0.4 is 25.6 Å². The van der Waals surface area contributed by atoms with Crippen molar-refractivity contribution in [3.8, 4) is 11.5 Å². The van der Waals surface area contributed by atoms with Gasteiger partial charge in [0.05, 0.1) is 29.2 Å². The summed E-state index contributed by atoms with van der Waals surface area (Å²) in [6, 6.07) is 10.0. The standard InChI is InChI=1S/C27H23N7O4S/c1-2-20(35)31-17-9-6-10-18(17)32-24(36)23-22-21-19(11-12-28-25(21)39-23)34(27(37)33-22)26-29-13-16(14-30-26)38-15-7-4-3-5-8-15/h2-5,7-8,11-14,17-18H,1,6,9-10H2,(H,31,35)(H,32,36)(H,33,37)/t17-,18-/m1/s1. The van der Waals surface area contributed by atoms with E-state index in [1.165, 1.54) is 34.7 Å². The molecule has 39 heavy (non-hydrogen) atoms. The summed E-state index contributed by atoms with van der Waals surface area (Å²) in [6.45, 7) is 3.49. The molecule has 0 saturated heterocycles. The molecule has 4 aromatic rings. The van der Waals surface area contributed by atoms with Crippen LogP contribution in [0.4, 0.5) is 22.1 Å². The highest BCUT2D eigenvalue weighted by molar-refractivity contribution is 7.21. The van der Waals surface area contributed by atoms with Crippen LogP contribution in [-0.2, 0) is 4.79 Å². The predicted molar refractivity (Wildman–Crippen MR) is 147 cm³/mol. The van der Waals surface area contributed by atoms with Gasteiger partial charge in [0, 0.05) is 18.3 Å². The first-order chi connectivity index (χ1) is 19.0. The Morgan fingerprint density at radius 2 is 1.79 bits per heavy atom. The van der Waals surface area contributed by atoms with E-state index in [0.29, 0.717) is 38.0 Å². The van der Waals surface area contributed by atoms with E-state index in [4.69, 9.17) is 4.74 Å². The van der Waals surface area contributed by atoms with E-state index < -0.39 is 6.03 Å². The number of ether oxygens (including phenoxy) is 1. The molecule has 0 bridgehead atoms. The number of hydrogen-bond acceptors (Lipinski definition) is 8. The number of aromatic nitrogens is 3. The second-order valence-electron chi connectivity index (χ2n) is 9.05. The number of urea groups is 1. The van der Waals surface area contributed by atoms with Crippen molar-refractivity contribution in [1.82, 2.24) is 25.6 Å². The summed E-state index contributed by atoms with van der Waals surface area (Å²) in [7, 11) is 0. The highest BCUT2D eigenvalue weighted by Crippen LogP contribution is 2.45. The molecular formula is C27H23N7O4S. The number of anilines is 3.